The third-order valence-corrected chi connectivity index (χ3v) is 4.09. The normalized spacial score (nSPS) is 17.6. The number of hydrogen-bond donors (Lipinski definition) is 1. The first-order chi connectivity index (χ1) is 8.24. The van der Waals surface area contributed by atoms with Crippen LogP contribution in [0.1, 0.15) is 62.0 Å². The van der Waals surface area contributed by atoms with Crippen molar-refractivity contribution >= 4 is 0 Å². The van der Waals surface area contributed by atoms with Crippen molar-refractivity contribution in [2.24, 2.45) is 0 Å². The van der Waals surface area contributed by atoms with Crippen LogP contribution in [0.4, 0.5) is 0 Å². The first kappa shape index (κ1) is 12.7. The molecule has 2 rings (SSSR count). The molecule has 0 bridgehead atoms. The van der Waals surface area contributed by atoms with Crippen LogP contribution in [0, 0.1) is 13.8 Å². The Kier molecular flexibility index (Phi) is 4.27. The summed E-state index contributed by atoms with van der Waals surface area (Å²) in [6.45, 7) is 8.78. The van der Waals surface area contributed by atoms with Crippen molar-refractivity contribution in [1.29, 1.82) is 0 Å². The van der Waals surface area contributed by atoms with Gasteiger partial charge in [-0.2, -0.15) is 0 Å². The van der Waals surface area contributed by atoms with Gasteiger partial charge in [-0.05, 0) is 44.9 Å². The minimum atomic E-state index is 0.763. The van der Waals surface area contributed by atoms with Crippen LogP contribution in [0.15, 0.2) is 6.07 Å². The molecule has 0 spiro atoms. The minimum Gasteiger partial charge on any atom is -0.346 e. The van der Waals surface area contributed by atoms with Crippen molar-refractivity contribution in [3.05, 3.63) is 23.0 Å². The summed E-state index contributed by atoms with van der Waals surface area (Å²) >= 11 is 0. The molecule has 1 aliphatic rings. The van der Waals surface area contributed by atoms with E-state index < -0.39 is 0 Å². The molecule has 0 amide bonds. The summed E-state index contributed by atoms with van der Waals surface area (Å²) in [5, 5.41) is 3.44. The summed E-state index contributed by atoms with van der Waals surface area (Å²) in [5.74, 6) is 0. The maximum Gasteiger partial charge on any atom is 0.0335 e. The monoisotopic (exact) mass is 234 g/mol. The summed E-state index contributed by atoms with van der Waals surface area (Å²) in [7, 11) is 0. The zero-order chi connectivity index (χ0) is 12.3. The molecule has 0 aliphatic heterocycles. The molecule has 0 atom stereocenters. The molecule has 96 valence electrons. The summed E-state index contributed by atoms with van der Waals surface area (Å²) in [6.07, 6.45) is 6.99. The van der Waals surface area contributed by atoms with Crippen LogP contribution in [-0.4, -0.2) is 11.1 Å². The Morgan fingerprint density at radius 3 is 2.59 bits per heavy atom. The van der Waals surface area contributed by atoms with Gasteiger partial charge in [-0.15, -0.1) is 0 Å². The maximum atomic E-state index is 3.44. The molecule has 1 saturated carbocycles. The third-order valence-electron chi connectivity index (χ3n) is 4.09. The highest BCUT2D eigenvalue weighted by Gasteiger charge is 2.19. The van der Waals surface area contributed by atoms with Crippen LogP contribution >= 0.6 is 0 Å². The fraction of sp³-hybridized carbons (Fsp3) is 0.733. The minimum absolute atomic E-state index is 0.763. The average molecular weight is 234 g/mol. The van der Waals surface area contributed by atoms with Gasteiger partial charge in [-0.25, -0.2) is 0 Å². The molecule has 1 aromatic heterocycles. The molecular formula is C15H26N2. The Morgan fingerprint density at radius 2 is 1.94 bits per heavy atom. The standard InChI is InChI=1S/C15H26N2/c1-4-16-11-14-10-12(2)17(13(14)3)15-8-6-5-7-9-15/h10,15-16H,4-9,11H2,1-3H3. The zero-order valence-electron chi connectivity index (χ0n) is 11.6. The van der Waals surface area contributed by atoms with Crippen molar-refractivity contribution in [2.45, 2.75) is 65.5 Å². The molecule has 0 saturated heterocycles. The van der Waals surface area contributed by atoms with E-state index in [1.807, 2.05) is 0 Å². The number of rotatable bonds is 4. The Bertz CT molecular complexity index is 359. The number of hydrogen-bond acceptors (Lipinski definition) is 1. The molecule has 2 heteroatoms. The van der Waals surface area contributed by atoms with Crippen LogP contribution < -0.4 is 5.32 Å². The predicted octanol–water partition coefficient (Wildman–Crippen LogP) is 3.72. The lowest BCUT2D eigenvalue weighted by molar-refractivity contribution is 0.345. The molecule has 1 N–H and O–H groups in total. The Morgan fingerprint density at radius 1 is 1.24 bits per heavy atom. The smallest absolute Gasteiger partial charge is 0.0335 e. The molecule has 1 aromatic rings. The summed E-state index contributed by atoms with van der Waals surface area (Å²) in [4.78, 5) is 0. The van der Waals surface area contributed by atoms with Crippen molar-refractivity contribution in [1.82, 2.24) is 9.88 Å². The summed E-state index contributed by atoms with van der Waals surface area (Å²) < 4.78 is 2.59. The van der Waals surface area contributed by atoms with E-state index in [0.29, 0.717) is 0 Å². The van der Waals surface area contributed by atoms with E-state index in [1.54, 1.807) is 0 Å². The lowest BCUT2D eigenvalue weighted by Gasteiger charge is -2.26. The van der Waals surface area contributed by atoms with Gasteiger partial charge in [0.15, 0.2) is 0 Å². The molecule has 17 heavy (non-hydrogen) atoms. The number of aromatic nitrogens is 1. The van der Waals surface area contributed by atoms with Gasteiger partial charge in [0.2, 0.25) is 0 Å². The highest BCUT2D eigenvalue weighted by atomic mass is 15.0. The van der Waals surface area contributed by atoms with E-state index in [2.05, 4.69) is 36.7 Å². The Balaban J connectivity index is 2.17. The van der Waals surface area contributed by atoms with Crippen LogP contribution in [0.2, 0.25) is 0 Å². The van der Waals surface area contributed by atoms with E-state index in [0.717, 1.165) is 19.1 Å². The topological polar surface area (TPSA) is 17.0 Å². The van der Waals surface area contributed by atoms with Crippen molar-refractivity contribution < 1.29 is 0 Å². The van der Waals surface area contributed by atoms with Crippen molar-refractivity contribution in [2.75, 3.05) is 6.54 Å². The van der Waals surface area contributed by atoms with Crippen LogP contribution in [0.3, 0.4) is 0 Å². The average Bonchev–Trinajstić information content (AvgIpc) is 2.63. The highest BCUT2D eigenvalue weighted by Crippen LogP contribution is 2.32. The second-order valence-corrected chi connectivity index (χ2v) is 5.34. The number of nitrogens with one attached hydrogen (secondary N) is 1. The maximum absolute atomic E-state index is 3.44. The fourth-order valence-corrected chi connectivity index (χ4v) is 3.19. The van der Waals surface area contributed by atoms with E-state index in [-0.39, 0.29) is 0 Å². The highest BCUT2D eigenvalue weighted by molar-refractivity contribution is 5.27. The van der Waals surface area contributed by atoms with Gasteiger partial charge in [-0.1, -0.05) is 26.2 Å². The molecule has 1 fully saturated rings. The quantitative estimate of drug-likeness (QED) is 0.840. The van der Waals surface area contributed by atoms with Crippen LogP contribution in [0.5, 0.6) is 0 Å². The van der Waals surface area contributed by atoms with Gasteiger partial charge >= 0.3 is 0 Å². The molecule has 0 unspecified atom stereocenters. The van der Waals surface area contributed by atoms with Crippen molar-refractivity contribution in [3.8, 4) is 0 Å². The third kappa shape index (κ3) is 2.74. The largest absolute Gasteiger partial charge is 0.346 e. The van der Waals surface area contributed by atoms with Gasteiger partial charge in [0, 0.05) is 24.0 Å². The predicted molar refractivity (Wildman–Crippen MR) is 73.4 cm³/mol. The second kappa shape index (κ2) is 5.72. The van der Waals surface area contributed by atoms with E-state index in [9.17, 15) is 0 Å². The molecule has 0 radical (unpaired) electrons. The molecular weight excluding hydrogens is 208 g/mol. The Labute approximate surface area is 105 Å². The fourth-order valence-electron chi connectivity index (χ4n) is 3.19. The second-order valence-electron chi connectivity index (χ2n) is 5.34. The summed E-state index contributed by atoms with van der Waals surface area (Å²) in [5.41, 5.74) is 4.41. The van der Waals surface area contributed by atoms with Gasteiger partial charge in [-0.3, -0.25) is 0 Å². The SMILES string of the molecule is CCNCc1cc(C)n(C2CCCCC2)c1C. The van der Waals surface area contributed by atoms with E-state index in [1.165, 1.54) is 49.1 Å². The van der Waals surface area contributed by atoms with Crippen LogP contribution in [0.25, 0.3) is 0 Å². The van der Waals surface area contributed by atoms with Gasteiger partial charge in [0.25, 0.3) is 0 Å². The molecule has 1 aliphatic carbocycles. The lowest BCUT2D eigenvalue weighted by Crippen LogP contribution is -2.16. The number of aryl methyl sites for hydroxylation is 1. The summed E-state index contributed by atoms with van der Waals surface area (Å²) in [6, 6.07) is 3.13. The van der Waals surface area contributed by atoms with Gasteiger partial charge < -0.3 is 9.88 Å². The lowest BCUT2D eigenvalue weighted by atomic mass is 9.95. The molecule has 2 nitrogen and oxygen atoms in total. The van der Waals surface area contributed by atoms with Gasteiger partial charge in [0.05, 0.1) is 0 Å². The van der Waals surface area contributed by atoms with Gasteiger partial charge in [0.1, 0.15) is 0 Å². The first-order valence-corrected chi connectivity index (χ1v) is 7.12. The van der Waals surface area contributed by atoms with Crippen molar-refractivity contribution in [3.63, 3.8) is 0 Å². The van der Waals surface area contributed by atoms with Crippen LogP contribution in [-0.2, 0) is 6.54 Å². The first-order valence-electron chi connectivity index (χ1n) is 7.12. The van der Waals surface area contributed by atoms with E-state index in [4.69, 9.17) is 0 Å². The Hall–Kier alpha value is -0.760. The zero-order valence-corrected chi connectivity index (χ0v) is 11.6. The molecule has 0 aromatic carbocycles. The molecule has 1 heterocycles. The number of nitrogens with zero attached hydrogens (tertiary/aromatic N) is 1. The van der Waals surface area contributed by atoms with E-state index >= 15 is 0 Å².